The predicted octanol–water partition coefficient (Wildman–Crippen LogP) is 5.92. The first-order valence-electron chi connectivity index (χ1n) is 10.9. The van der Waals surface area contributed by atoms with Crippen LogP contribution in [0.4, 0.5) is 11.4 Å². The van der Waals surface area contributed by atoms with Crippen LogP contribution >= 0.6 is 0 Å². The highest BCUT2D eigenvalue weighted by molar-refractivity contribution is 5.49. The van der Waals surface area contributed by atoms with Gasteiger partial charge in [-0.1, -0.05) is 43.7 Å². The van der Waals surface area contributed by atoms with Gasteiger partial charge in [-0.3, -0.25) is 0 Å². The quantitative estimate of drug-likeness (QED) is 0.652. The lowest BCUT2D eigenvalue weighted by Crippen LogP contribution is -2.49. The summed E-state index contributed by atoms with van der Waals surface area (Å²) in [6.07, 6.45) is 9.18. The molecule has 0 unspecified atom stereocenters. The summed E-state index contributed by atoms with van der Waals surface area (Å²) in [5, 5.41) is 0. The fraction of sp³-hybridized carbons (Fsp3) is 0.520. The van der Waals surface area contributed by atoms with E-state index in [1.165, 1.54) is 88.1 Å². The number of hydrogen-bond donors (Lipinski definition) is 0. The summed E-state index contributed by atoms with van der Waals surface area (Å²) in [6.45, 7) is 7.13. The molecule has 4 rings (SSSR count). The number of para-hydroxylation sites is 1. The third-order valence-corrected chi connectivity index (χ3v) is 6.73. The normalized spacial score (nSPS) is 19.4. The zero-order chi connectivity index (χ0) is 18.5. The molecule has 2 fully saturated rings. The van der Waals surface area contributed by atoms with E-state index in [2.05, 4.69) is 71.3 Å². The van der Waals surface area contributed by atoms with Crippen molar-refractivity contribution in [1.29, 1.82) is 0 Å². The number of aryl methyl sites for hydroxylation is 1. The fourth-order valence-electron chi connectivity index (χ4n) is 4.97. The zero-order valence-electron chi connectivity index (χ0n) is 16.9. The Kier molecular flexibility index (Phi) is 5.71. The molecule has 0 bridgehead atoms. The molecule has 2 aromatic rings. The number of hydrogen-bond acceptors (Lipinski definition) is 2. The first kappa shape index (κ1) is 18.4. The van der Waals surface area contributed by atoms with Crippen LogP contribution in [0.2, 0.25) is 0 Å². The van der Waals surface area contributed by atoms with Gasteiger partial charge in [0.25, 0.3) is 0 Å². The van der Waals surface area contributed by atoms with Crippen molar-refractivity contribution in [2.45, 2.75) is 51.9 Å². The Morgan fingerprint density at radius 3 is 2.19 bits per heavy atom. The minimum absolute atomic E-state index is 0.520. The van der Waals surface area contributed by atoms with Gasteiger partial charge >= 0.3 is 0 Å². The lowest BCUT2D eigenvalue weighted by atomic mass is 9.72. The second kappa shape index (κ2) is 8.37. The van der Waals surface area contributed by atoms with Crippen molar-refractivity contribution in [3.8, 4) is 0 Å². The molecule has 0 atom stereocenters. The topological polar surface area (TPSA) is 6.48 Å². The van der Waals surface area contributed by atoms with Gasteiger partial charge in [0.05, 0.1) is 0 Å². The van der Waals surface area contributed by atoms with Crippen molar-refractivity contribution in [3.05, 3.63) is 60.2 Å². The highest BCUT2D eigenvalue weighted by Gasteiger charge is 2.38. The molecule has 2 heterocycles. The monoisotopic (exact) mass is 362 g/mol. The molecule has 2 nitrogen and oxygen atoms in total. The van der Waals surface area contributed by atoms with Crippen LogP contribution in [0.25, 0.3) is 0 Å². The molecular weight excluding hydrogens is 328 g/mol. The van der Waals surface area contributed by atoms with Gasteiger partial charge in [0.15, 0.2) is 0 Å². The van der Waals surface area contributed by atoms with Crippen LogP contribution in [0.3, 0.4) is 0 Å². The second-order valence-electron chi connectivity index (χ2n) is 8.62. The first-order chi connectivity index (χ1) is 13.3. The smallest absolute Gasteiger partial charge is 0.0366 e. The third-order valence-electron chi connectivity index (χ3n) is 6.73. The maximum absolute atomic E-state index is 2.63. The van der Waals surface area contributed by atoms with Gasteiger partial charge < -0.3 is 9.80 Å². The van der Waals surface area contributed by atoms with Crippen molar-refractivity contribution in [3.63, 3.8) is 0 Å². The van der Waals surface area contributed by atoms with E-state index in [4.69, 9.17) is 0 Å². The highest BCUT2D eigenvalue weighted by atomic mass is 15.2. The number of benzene rings is 2. The molecule has 0 amide bonds. The van der Waals surface area contributed by atoms with Crippen molar-refractivity contribution in [1.82, 2.24) is 0 Å². The van der Waals surface area contributed by atoms with Gasteiger partial charge in [-0.15, -0.1) is 0 Å². The summed E-state index contributed by atoms with van der Waals surface area (Å²) in [6, 6.07) is 20.4. The Morgan fingerprint density at radius 2 is 1.48 bits per heavy atom. The van der Waals surface area contributed by atoms with Crippen molar-refractivity contribution < 1.29 is 0 Å². The Hall–Kier alpha value is -1.96. The number of rotatable bonds is 5. The largest absolute Gasteiger partial charge is 0.371 e. The predicted molar refractivity (Wildman–Crippen MR) is 117 cm³/mol. The fourth-order valence-corrected chi connectivity index (χ4v) is 4.97. The molecule has 27 heavy (non-hydrogen) atoms. The average Bonchev–Trinajstić information content (AvgIpc) is 2.74. The average molecular weight is 363 g/mol. The number of unbranched alkanes of at least 4 members (excludes halogenated alkanes) is 1. The van der Waals surface area contributed by atoms with Crippen molar-refractivity contribution in [2.24, 2.45) is 5.41 Å². The lowest BCUT2D eigenvalue weighted by molar-refractivity contribution is 0.179. The summed E-state index contributed by atoms with van der Waals surface area (Å²) in [5.74, 6) is 0. The molecule has 2 aliphatic rings. The molecule has 0 aromatic heterocycles. The molecule has 0 N–H and O–H groups in total. The molecule has 0 radical (unpaired) electrons. The van der Waals surface area contributed by atoms with Gasteiger partial charge in [-0.2, -0.15) is 0 Å². The molecule has 0 aliphatic carbocycles. The van der Waals surface area contributed by atoms with Gasteiger partial charge in [0, 0.05) is 37.6 Å². The maximum atomic E-state index is 2.63. The Bertz CT molecular complexity index is 699. The van der Waals surface area contributed by atoms with E-state index in [-0.39, 0.29) is 0 Å². The van der Waals surface area contributed by atoms with E-state index in [0.29, 0.717) is 5.41 Å². The summed E-state index contributed by atoms with van der Waals surface area (Å²) < 4.78 is 0. The lowest BCUT2D eigenvalue weighted by Gasteiger charge is -2.49. The van der Waals surface area contributed by atoms with Crippen LogP contribution in [-0.2, 0) is 6.42 Å². The van der Waals surface area contributed by atoms with Crippen LogP contribution in [0.1, 0.15) is 51.0 Å². The summed E-state index contributed by atoms with van der Waals surface area (Å²) in [4.78, 5) is 5.23. The Morgan fingerprint density at radius 1 is 0.778 bits per heavy atom. The maximum Gasteiger partial charge on any atom is 0.0366 e. The molecule has 2 aromatic carbocycles. The molecule has 144 valence electrons. The molecule has 1 spiro atoms. The molecule has 2 aliphatic heterocycles. The van der Waals surface area contributed by atoms with Crippen LogP contribution in [0, 0.1) is 5.41 Å². The third kappa shape index (κ3) is 4.31. The first-order valence-corrected chi connectivity index (χ1v) is 10.9. The van der Waals surface area contributed by atoms with Gasteiger partial charge in [0.2, 0.25) is 0 Å². The van der Waals surface area contributed by atoms with E-state index in [9.17, 15) is 0 Å². The highest BCUT2D eigenvalue weighted by Crippen LogP contribution is 2.41. The summed E-state index contributed by atoms with van der Waals surface area (Å²) in [7, 11) is 0. The Balaban J connectivity index is 1.36. The molecule has 2 saturated heterocycles. The Labute approximate surface area is 165 Å². The summed E-state index contributed by atoms with van der Waals surface area (Å²) in [5.41, 5.74) is 4.83. The van der Waals surface area contributed by atoms with E-state index >= 15 is 0 Å². The standard InChI is InChI=1S/C25H34N2/c1-2-3-8-22-11-13-24(14-12-22)26-19-16-25(17-20-26)15-7-18-27(21-25)23-9-5-4-6-10-23/h4-6,9-14H,2-3,7-8,15-21H2,1H3. The van der Waals surface area contributed by atoms with Crippen LogP contribution in [-0.4, -0.2) is 26.2 Å². The van der Waals surface area contributed by atoms with Gasteiger partial charge in [-0.25, -0.2) is 0 Å². The zero-order valence-corrected chi connectivity index (χ0v) is 16.9. The van der Waals surface area contributed by atoms with Crippen molar-refractivity contribution in [2.75, 3.05) is 36.0 Å². The molecule has 2 heteroatoms. The van der Waals surface area contributed by atoms with E-state index in [1.807, 2.05) is 0 Å². The SMILES string of the molecule is CCCCc1ccc(N2CCC3(CCCN(c4ccccc4)C3)CC2)cc1. The van der Waals surface area contributed by atoms with Gasteiger partial charge in [-0.05, 0) is 73.8 Å². The van der Waals surface area contributed by atoms with E-state index in [1.54, 1.807) is 0 Å². The minimum Gasteiger partial charge on any atom is -0.371 e. The second-order valence-corrected chi connectivity index (χ2v) is 8.62. The van der Waals surface area contributed by atoms with Crippen LogP contribution in [0.15, 0.2) is 54.6 Å². The molecule has 0 saturated carbocycles. The van der Waals surface area contributed by atoms with Crippen LogP contribution in [0.5, 0.6) is 0 Å². The minimum atomic E-state index is 0.520. The summed E-state index contributed by atoms with van der Waals surface area (Å²) >= 11 is 0. The van der Waals surface area contributed by atoms with Crippen LogP contribution < -0.4 is 9.80 Å². The van der Waals surface area contributed by atoms with E-state index in [0.717, 1.165) is 0 Å². The number of anilines is 2. The number of nitrogens with zero attached hydrogens (tertiary/aromatic N) is 2. The van der Waals surface area contributed by atoms with Crippen molar-refractivity contribution >= 4 is 11.4 Å². The molecular formula is C25H34N2. The van der Waals surface area contributed by atoms with E-state index < -0.39 is 0 Å². The van der Waals surface area contributed by atoms with Gasteiger partial charge in [0.1, 0.15) is 0 Å². The number of piperidine rings is 2.